The average molecular weight is 530 g/mol. The molecule has 1 aromatic carbocycles. The second-order valence-electron chi connectivity index (χ2n) is 11.8. The highest BCUT2D eigenvalue weighted by Gasteiger charge is 2.43. The summed E-state index contributed by atoms with van der Waals surface area (Å²) in [4.78, 5) is 15.7. The Morgan fingerprint density at radius 1 is 1.05 bits per heavy atom. The molecule has 1 aliphatic carbocycles. The number of rotatable bonds is 9. The highest BCUT2D eigenvalue weighted by Crippen LogP contribution is 2.43. The molecule has 5 rings (SSSR count). The van der Waals surface area contributed by atoms with E-state index in [1.54, 1.807) is 0 Å². The number of piperidine rings is 1. The molecule has 0 spiro atoms. The van der Waals surface area contributed by atoms with Gasteiger partial charge in [-0.3, -0.25) is 9.69 Å². The van der Waals surface area contributed by atoms with Crippen LogP contribution in [0.2, 0.25) is 0 Å². The fourth-order valence-electron chi connectivity index (χ4n) is 6.94. The summed E-state index contributed by atoms with van der Waals surface area (Å²) in [7, 11) is 0. The van der Waals surface area contributed by atoms with E-state index >= 15 is 0 Å². The molecule has 2 aromatic rings. The molecule has 7 nitrogen and oxygen atoms in total. The smallest absolute Gasteiger partial charge is 0.248 e. The van der Waals surface area contributed by atoms with Crippen molar-refractivity contribution in [2.75, 3.05) is 6.54 Å². The lowest BCUT2D eigenvalue weighted by Gasteiger charge is -2.41. The second-order valence-corrected chi connectivity index (χ2v) is 11.8. The Balaban J connectivity index is 1.25. The molecule has 38 heavy (non-hydrogen) atoms. The van der Waals surface area contributed by atoms with E-state index in [4.69, 9.17) is 0 Å². The van der Waals surface area contributed by atoms with Gasteiger partial charge in [-0.25, -0.2) is 8.78 Å². The molecule has 2 aliphatic heterocycles. The van der Waals surface area contributed by atoms with Gasteiger partial charge < -0.3 is 15.0 Å². The zero-order chi connectivity index (χ0) is 26.9. The maximum Gasteiger partial charge on any atom is 0.248 e. The number of nitrogens with one attached hydrogen (secondary N) is 1. The Kier molecular flexibility index (Phi) is 8.14. The monoisotopic (exact) mass is 529 g/mol. The van der Waals surface area contributed by atoms with E-state index in [9.17, 15) is 18.7 Å². The van der Waals surface area contributed by atoms with Crippen LogP contribution in [0, 0.1) is 5.92 Å². The van der Waals surface area contributed by atoms with Crippen molar-refractivity contribution in [1.29, 1.82) is 0 Å². The number of halogens is 2. The number of aliphatic hydroxyl groups excluding tert-OH is 1. The first-order chi connectivity index (χ1) is 18.3. The number of benzene rings is 1. The van der Waals surface area contributed by atoms with Gasteiger partial charge in [0.2, 0.25) is 11.8 Å². The van der Waals surface area contributed by atoms with Crippen LogP contribution in [0.5, 0.6) is 0 Å². The summed E-state index contributed by atoms with van der Waals surface area (Å²) in [6.07, 6.45) is 5.15. The van der Waals surface area contributed by atoms with Crippen LogP contribution in [-0.2, 0) is 11.4 Å². The quantitative estimate of drug-likeness (QED) is 0.470. The molecule has 208 valence electrons. The van der Waals surface area contributed by atoms with Crippen LogP contribution in [0.15, 0.2) is 30.3 Å². The van der Waals surface area contributed by atoms with Crippen molar-refractivity contribution in [3.63, 3.8) is 0 Å². The van der Waals surface area contributed by atoms with Crippen LogP contribution in [0.3, 0.4) is 0 Å². The molecule has 1 unspecified atom stereocenters. The van der Waals surface area contributed by atoms with Crippen molar-refractivity contribution < 1.29 is 18.7 Å². The summed E-state index contributed by atoms with van der Waals surface area (Å²) in [5.74, 6) is -1.24. The summed E-state index contributed by atoms with van der Waals surface area (Å²) < 4.78 is 29.5. The Labute approximate surface area is 224 Å². The van der Waals surface area contributed by atoms with Gasteiger partial charge in [0, 0.05) is 49.3 Å². The topological polar surface area (TPSA) is 83.3 Å². The fourth-order valence-corrected chi connectivity index (χ4v) is 6.94. The second kappa shape index (κ2) is 11.4. The van der Waals surface area contributed by atoms with Crippen molar-refractivity contribution in [3.05, 3.63) is 47.5 Å². The van der Waals surface area contributed by atoms with Gasteiger partial charge in [-0.2, -0.15) is 0 Å². The number of fused-ring (bicyclic) bond motifs is 2. The number of aliphatic hydroxyl groups is 1. The Hall–Kier alpha value is -2.39. The van der Waals surface area contributed by atoms with Crippen molar-refractivity contribution in [2.45, 2.75) is 114 Å². The van der Waals surface area contributed by atoms with Crippen LogP contribution in [0.4, 0.5) is 8.78 Å². The minimum atomic E-state index is -2.64. The van der Waals surface area contributed by atoms with E-state index in [1.165, 1.54) is 0 Å². The summed E-state index contributed by atoms with van der Waals surface area (Å²) in [6.45, 7) is 4.99. The van der Waals surface area contributed by atoms with E-state index < -0.39 is 5.92 Å². The minimum absolute atomic E-state index is 0.0959. The summed E-state index contributed by atoms with van der Waals surface area (Å²) in [6, 6.07) is 11.0. The minimum Gasteiger partial charge on any atom is -0.388 e. The van der Waals surface area contributed by atoms with E-state index in [1.807, 2.05) is 30.3 Å². The number of carbonyl (C=O) groups excluding carboxylic acids is 1. The van der Waals surface area contributed by atoms with Crippen molar-refractivity contribution in [2.24, 2.45) is 5.92 Å². The molecule has 3 aliphatic rings. The van der Waals surface area contributed by atoms with Crippen LogP contribution >= 0.6 is 0 Å². The molecule has 2 N–H and O–H groups in total. The van der Waals surface area contributed by atoms with Crippen molar-refractivity contribution in [1.82, 2.24) is 25.0 Å². The third-order valence-electron chi connectivity index (χ3n) is 8.96. The maximum absolute atomic E-state index is 13.6. The number of aromatic nitrogens is 3. The molecule has 2 bridgehead atoms. The third-order valence-corrected chi connectivity index (χ3v) is 8.96. The van der Waals surface area contributed by atoms with Crippen LogP contribution in [0.25, 0.3) is 0 Å². The van der Waals surface area contributed by atoms with E-state index in [2.05, 4.69) is 38.8 Å². The Morgan fingerprint density at radius 3 is 2.32 bits per heavy atom. The first-order valence-electron chi connectivity index (χ1n) is 14.3. The van der Waals surface area contributed by atoms with Gasteiger partial charge in [0.15, 0.2) is 5.82 Å². The van der Waals surface area contributed by atoms with Crippen LogP contribution < -0.4 is 5.32 Å². The number of carbonyl (C=O) groups is 1. The first kappa shape index (κ1) is 27.2. The number of hydrogen-bond acceptors (Lipinski definition) is 5. The lowest BCUT2D eigenvalue weighted by atomic mass is 9.86. The molecule has 1 saturated carbocycles. The van der Waals surface area contributed by atoms with Crippen molar-refractivity contribution >= 4 is 5.91 Å². The molecular weight excluding hydrogens is 488 g/mol. The number of amides is 1. The van der Waals surface area contributed by atoms with E-state index in [-0.39, 0.29) is 62.1 Å². The molecule has 2 saturated heterocycles. The molecule has 1 aromatic heterocycles. The molecule has 4 atom stereocenters. The summed E-state index contributed by atoms with van der Waals surface area (Å²) in [5, 5.41) is 21.7. The summed E-state index contributed by atoms with van der Waals surface area (Å²) in [5.41, 5.74) is 1.06. The number of alkyl halides is 2. The molecule has 3 heterocycles. The standard InChI is InChI=1S/C29H41F2N5O2/c1-19(2)27-34-33-26(18-37)36(27)24-16-22-8-9-23(17-24)35(22)15-12-25(20-6-4-3-5-7-20)32-28(38)21-10-13-29(30,31)14-11-21/h3-7,19,21-25,37H,8-18H2,1-2H3,(H,32,38)/t22-,23+,24?,25-/m0/s1. The van der Waals surface area contributed by atoms with Gasteiger partial charge in [-0.15, -0.1) is 10.2 Å². The largest absolute Gasteiger partial charge is 0.388 e. The first-order valence-corrected chi connectivity index (χ1v) is 14.3. The van der Waals surface area contributed by atoms with Gasteiger partial charge in [-0.05, 0) is 50.5 Å². The predicted molar refractivity (Wildman–Crippen MR) is 141 cm³/mol. The average Bonchev–Trinajstić information content (AvgIpc) is 3.44. The molecule has 0 radical (unpaired) electrons. The molecule has 9 heteroatoms. The number of nitrogens with zero attached hydrogens (tertiary/aromatic N) is 4. The van der Waals surface area contributed by atoms with E-state index in [0.29, 0.717) is 17.9 Å². The van der Waals surface area contributed by atoms with Crippen LogP contribution in [-0.4, -0.2) is 55.2 Å². The highest BCUT2D eigenvalue weighted by molar-refractivity contribution is 5.79. The third kappa shape index (κ3) is 5.78. The van der Waals surface area contributed by atoms with Gasteiger partial charge in [0.25, 0.3) is 0 Å². The molecular formula is C29H41F2N5O2. The fraction of sp³-hybridized carbons (Fsp3) is 0.690. The Bertz CT molecular complexity index is 1070. The van der Waals surface area contributed by atoms with Gasteiger partial charge in [-0.1, -0.05) is 44.2 Å². The zero-order valence-corrected chi connectivity index (χ0v) is 22.5. The molecule has 3 fully saturated rings. The number of hydrogen-bond donors (Lipinski definition) is 2. The van der Waals surface area contributed by atoms with Gasteiger partial charge in [0.1, 0.15) is 12.4 Å². The molecule has 1 amide bonds. The van der Waals surface area contributed by atoms with Gasteiger partial charge >= 0.3 is 0 Å². The van der Waals surface area contributed by atoms with E-state index in [0.717, 1.165) is 50.0 Å². The zero-order valence-electron chi connectivity index (χ0n) is 22.5. The Morgan fingerprint density at radius 2 is 1.71 bits per heavy atom. The summed E-state index contributed by atoms with van der Waals surface area (Å²) >= 11 is 0. The maximum atomic E-state index is 13.6. The predicted octanol–water partition coefficient (Wildman–Crippen LogP) is 5.13. The van der Waals surface area contributed by atoms with Gasteiger partial charge in [0.05, 0.1) is 6.04 Å². The highest BCUT2D eigenvalue weighted by atomic mass is 19.3. The normalized spacial score (nSPS) is 26.5. The lowest BCUT2D eigenvalue weighted by molar-refractivity contribution is -0.130. The van der Waals surface area contributed by atoms with Crippen LogP contribution in [0.1, 0.15) is 107 Å². The van der Waals surface area contributed by atoms with Crippen molar-refractivity contribution in [3.8, 4) is 0 Å². The SMILES string of the molecule is CC(C)c1nnc(CO)n1C1C[C@H]2CC[C@@H](C1)N2CC[C@H](NC(=O)C1CCC(F)(F)CC1)c1ccccc1. The lowest BCUT2D eigenvalue weighted by Crippen LogP contribution is -2.45.